The Morgan fingerprint density at radius 1 is 1.20 bits per heavy atom. The van der Waals surface area contributed by atoms with Crippen LogP contribution in [0.2, 0.25) is 0 Å². The zero-order valence-corrected chi connectivity index (χ0v) is 17.7. The van der Waals surface area contributed by atoms with Crippen molar-refractivity contribution in [3.8, 4) is 0 Å². The van der Waals surface area contributed by atoms with Gasteiger partial charge < -0.3 is 20.1 Å². The second kappa shape index (κ2) is 8.91. The second-order valence-corrected chi connectivity index (χ2v) is 8.59. The maximum atomic E-state index is 12.8. The summed E-state index contributed by atoms with van der Waals surface area (Å²) in [4.78, 5) is 27.8. The number of aliphatic hydroxyl groups is 1. The number of ether oxygens (including phenoxy) is 1. The van der Waals surface area contributed by atoms with E-state index < -0.39 is 5.60 Å². The van der Waals surface area contributed by atoms with E-state index in [4.69, 9.17) is 4.74 Å². The Morgan fingerprint density at radius 3 is 2.53 bits per heavy atom. The Kier molecular flexibility index (Phi) is 6.26. The summed E-state index contributed by atoms with van der Waals surface area (Å²) < 4.78 is 8.23. The highest BCUT2D eigenvalue weighted by Gasteiger charge is 2.33. The van der Waals surface area contributed by atoms with Gasteiger partial charge in [-0.05, 0) is 50.9 Å². The molecule has 0 bridgehead atoms. The number of para-hydroxylation sites is 2. The number of carbonyl (C=O) groups excluding carboxylic acids is 1. The maximum Gasteiger partial charge on any atom is 0.337 e. The lowest BCUT2D eigenvalue weighted by molar-refractivity contribution is -0.0829. The number of nitrogens with zero attached hydrogens (tertiary/aromatic N) is 3. The van der Waals surface area contributed by atoms with Crippen molar-refractivity contribution in [1.82, 2.24) is 19.4 Å². The molecule has 3 heterocycles. The van der Waals surface area contributed by atoms with E-state index in [0.717, 1.165) is 31.4 Å². The fraction of sp³-hybridized carbons (Fsp3) is 0.636. The van der Waals surface area contributed by atoms with Gasteiger partial charge in [-0.3, -0.25) is 4.57 Å². The van der Waals surface area contributed by atoms with E-state index in [-0.39, 0.29) is 11.7 Å². The minimum atomic E-state index is -0.631. The number of hydrogen-bond acceptors (Lipinski definition) is 5. The van der Waals surface area contributed by atoms with E-state index in [1.54, 1.807) is 4.57 Å². The Morgan fingerprint density at radius 2 is 1.87 bits per heavy atom. The lowest BCUT2D eigenvalue weighted by Gasteiger charge is -2.39. The van der Waals surface area contributed by atoms with Gasteiger partial charge >= 0.3 is 11.7 Å². The number of fused-ring (bicyclic) bond motifs is 1. The minimum absolute atomic E-state index is 0.296. The van der Waals surface area contributed by atoms with Crippen LogP contribution in [-0.2, 0) is 11.3 Å². The molecule has 2 saturated heterocycles. The fourth-order valence-electron chi connectivity index (χ4n) is 4.70. The first-order valence-corrected chi connectivity index (χ1v) is 11.0. The molecule has 0 unspecified atom stereocenters. The van der Waals surface area contributed by atoms with Crippen molar-refractivity contribution in [2.24, 2.45) is 5.92 Å². The fourth-order valence-corrected chi connectivity index (χ4v) is 4.70. The van der Waals surface area contributed by atoms with Gasteiger partial charge in [0.15, 0.2) is 0 Å². The third-order valence-electron chi connectivity index (χ3n) is 6.55. The van der Waals surface area contributed by atoms with Crippen LogP contribution in [-0.4, -0.2) is 70.2 Å². The lowest BCUT2D eigenvalue weighted by atomic mass is 9.91. The molecule has 1 aromatic heterocycles. The number of carbonyl (C=O) groups is 1. The molecule has 1 amide bonds. The SMILES string of the molecule is CCn1c(=O)n(C(=O)NCC2CCN(CC3(O)CCOCC3)CC2)c2ccccc21. The van der Waals surface area contributed by atoms with Gasteiger partial charge in [-0.2, -0.15) is 0 Å². The molecule has 2 fully saturated rings. The summed E-state index contributed by atoms with van der Waals surface area (Å²) >= 11 is 0. The first-order valence-electron chi connectivity index (χ1n) is 11.0. The van der Waals surface area contributed by atoms with E-state index >= 15 is 0 Å². The average molecular weight is 417 g/mol. The molecule has 2 aliphatic heterocycles. The number of rotatable bonds is 5. The predicted octanol–water partition coefficient (Wildman–Crippen LogP) is 1.63. The van der Waals surface area contributed by atoms with Gasteiger partial charge in [-0.15, -0.1) is 0 Å². The van der Waals surface area contributed by atoms with Crippen molar-refractivity contribution < 1.29 is 14.6 Å². The monoisotopic (exact) mass is 416 g/mol. The van der Waals surface area contributed by atoms with Crippen LogP contribution >= 0.6 is 0 Å². The van der Waals surface area contributed by atoms with Crippen LogP contribution in [0.5, 0.6) is 0 Å². The lowest BCUT2D eigenvalue weighted by Crippen LogP contribution is -2.49. The van der Waals surface area contributed by atoms with Crippen molar-refractivity contribution in [3.63, 3.8) is 0 Å². The predicted molar refractivity (Wildman–Crippen MR) is 115 cm³/mol. The quantitative estimate of drug-likeness (QED) is 0.774. The summed E-state index contributed by atoms with van der Waals surface area (Å²) in [6.07, 6.45) is 3.34. The zero-order chi connectivity index (χ0) is 21.1. The molecule has 1 aromatic carbocycles. The smallest absolute Gasteiger partial charge is 0.337 e. The Labute approximate surface area is 176 Å². The van der Waals surface area contributed by atoms with E-state index in [1.807, 2.05) is 31.2 Å². The molecule has 0 atom stereocenters. The van der Waals surface area contributed by atoms with Crippen molar-refractivity contribution in [2.45, 2.75) is 44.8 Å². The van der Waals surface area contributed by atoms with Crippen LogP contribution in [0.4, 0.5) is 4.79 Å². The summed E-state index contributed by atoms with van der Waals surface area (Å²) in [5.74, 6) is 0.379. The molecule has 0 spiro atoms. The molecule has 164 valence electrons. The average Bonchev–Trinajstić information content (AvgIpc) is 3.04. The number of nitrogens with one attached hydrogen (secondary N) is 1. The Hall–Kier alpha value is -2.16. The normalized spacial score (nSPS) is 20.5. The number of hydrogen-bond donors (Lipinski definition) is 2. The molecular weight excluding hydrogens is 384 g/mol. The van der Waals surface area contributed by atoms with E-state index in [1.165, 1.54) is 4.57 Å². The van der Waals surface area contributed by atoms with Crippen molar-refractivity contribution in [2.75, 3.05) is 39.4 Å². The number of benzene rings is 1. The maximum absolute atomic E-state index is 12.8. The molecule has 2 aliphatic rings. The van der Waals surface area contributed by atoms with Crippen LogP contribution in [0.1, 0.15) is 32.6 Å². The Bertz CT molecular complexity index is 936. The van der Waals surface area contributed by atoms with Gasteiger partial charge in [-0.1, -0.05) is 12.1 Å². The first-order chi connectivity index (χ1) is 14.5. The van der Waals surface area contributed by atoms with Gasteiger partial charge in [0.25, 0.3) is 0 Å². The highest BCUT2D eigenvalue weighted by molar-refractivity contribution is 5.89. The van der Waals surface area contributed by atoms with Crippen LogP contribution in [0, 0.1) is 5.92 Å². The topological polar surface area (TPSA) is 88.7 Å². The van der Waals surface area contributed by atoms with Crippen LogP contribution in [0.3, 0.4) is 0 Å². The van der Waals surface area contributed by atoms with Crippen molar-refractivity contribution in [1.29, 1.82) is 0 Å². The van der Waals surface area contributed by atoms with Gasteiger partial charge in [0.05, 0.1) is 16.6 Å². The van der Waals surface area contributed by atoms with Crippen molar-refractivity contribution in [3.05, 3.63) is 34.7 Å². The highest BCUT2D eigenvalue weighted by Crippen LogP contribution is 2.25. The molecular formula is C22H32N4O4. The van der Waals surface area contributed by atoms with E-state index in [2.05, 4.69) is 10.2 Å². The van der Waals surface area contributed by atoms with E-state index in [0.29, 0.717) is 57.1 Å². The first kappa shape index (κ1) is 21.1. The third kappa shape index (κ3) is 4.31. The second-order valence-electron chi connectivity index (χ2n) is 8.59. The molecule has 0 radical (unpaired) electrons. The van der Waals surface area contributed by atoms with Gasteiger partial charge in [-0.25, -0.2) is 14.2 Å². The molecule has 0 saturated carbocycles. The standard InChI is InChI=1S/C22H32N4O4/c1-2-25-18-5-3-4-6-19(18)26(21(25)28)20(27)23-15-17-7-11-24(12-8-17)16-22(29)9-13-30-14-10-22/h3-6,17,29H,2,7-16H2,1H3,(H,23,27). The largest absolute Gasteiger partial charge is 0.388 e. The third-order valence-corrected chi connectivity index (χ3v) is 6.55. The molecule has 4 rings (SSSR count). The summed E-state index contributed by atoms with van der Waals surface area (Å²) in [6.45, 7) is 6.78. The number of aromatic nitrogens is 2. The molecule has 8 heteroatoms. The van der Waals surface area contributed by atoms with Crippen molar-refractivity contribution >= 4 is 17.1 Å². The molecule has 2 N–H and O–H groups in total. The summed E-state index contributed by atoms with van der Waals surface area (Å²) in [5, 5.41) is 13.7. The van der Waals surface area contributed by atoms with Crippen LogP contribution in [0.15, 0.2) is 29.1 Å². The minimum Gasteiger partial charge on any atom is -0.388 e. The number of aryl methyl sites for hydroxylation is 1. The highest BCUT2D eigenvalue weighted by atomic mass is 16.5. The zero-order valence-electron chi connectivity index (χ0n) is 17.7. The number of β-amino-alcohol motifs (C(OH)–C–C–N with tert-alkyl or cyclic N) is 1. The van der Waals surface area contributed by atoms with Gasteiger partial charge in [0, 0.05) is 45.7 Å². The summed E-state index contributed by atoms with van der Waals surface area (Å²) in [5.41, 5.74) is 0.491. The molecule has 30 heavy (non-hydrogen) atoms. The number of likely N-dealkylation sites (tertiary alicyclic amines) is 1. The Balaban J connectivity index is 1.32. The molecule has 0 aliphatic carbocycles. The van der Waals surface area contributed by atoms with Gasteiger partial charge in [0.2, 0.25) is 0 Å². The summed E-state index contributed by atoms with van der Waals surface area (Å²) in [7, 11) is 0. The molecule has 2 aromatic rings. The number of amides is 1. The molecule has 8 nitrogen and oxygen atoms in total. The number of imidazole rings is 1. The van der Waals surface area contributed by atoms with Gasteiger partial charge in [0.1, 0.15) is 0 Å². The van der Waals surface area contributed by atoms with Crippen LogP contribution < -0.4 is 11.0 Å². The number of piperidine rings is 1. The summed E-state index contributed by atoms with van der Waals surface area (Å²) in [6, 6.07) is 7.03. The van der Waals surface area contributed by atoms with Crippen LogP contribution in [0.25, 0.3) is 11.0 Å². The van der Waals surface area contributed by atoms with E-state index in [9.17, 15) is 14.7 Å².